The number of aliphatic hydroxyl groups excluding tert-OH is 18. The molecule has 5 saturated heterocycles. The Kier molecular flexibility index (Phi) is 21.2. The summed E-state index contributed by atoms with van der Waals surface area (Å²) in [5, 5.41) is 199. The second-order valence-corrected chi connectivity index (χ2v) is 29.4. The van der Waals surface area contributed by atoms with E-state index in [1.54, 1.807) is 7.11 Å². The average Bonchev–Trinajstić information content (AvgIpc) is 0.670. The molecule has 4 saturated carbocycles. The standard InChI is InChI=1S/C61H102O29/c1-24-35(68)48(89-54-45(78)41(74)38(71)31(86-54)21-81-51-46(79)42(75)47(30(20-64)85-51)88-52-43(76)39(72)36(69)28(18-62)83-52)49(90-53-44(77)40(73)37(70)29(19-63)84-53)55(82-24)87-34-10-11-57(4)32(58(34,5)22-65)9-12-59(6)50(57)27(80-8)15-25-26-16-56(2,3)13-14-61(26,23-66)33(67)17-60(25,59)7/h24,27-55,62-79H,9-23H2,1-8H3. The van der Waals surface area contributed by atoms with Crippen LogP contribution in [0.25, 0.3) is 0 Å². The highest BCUT2D eigenvalue weighted by atomic mass is 16.8. The Bertz CT molecular complexity index is 2460. The monoisotopic (exact) mass is 1300 g/mol. The summed E-state index contributed by atoms with van der Waals surface area (Å²) >= 11 is 0. The van der Waals surface area contributed by atoms with Crippen LogP contribution in [-0.4, -0.2) is 311 Å². The maximum absolute atomic E-state index is 12.3. The number of rotatable bonds is 17. The maximum Gasteiger partial charge on any atom is 0.187 e. The van der Waals surface area contributed by atoms with Gasteiger partial charge in [-0.15, -0.1) is 0 Å². The van der Waals surface area contributed by atoms with Gasteiger partial charge in [-0.2, -0.15) is 0 Å². The molecule has 0 bridgehead atoms. The van der Waals surface area contributed by atoms with E-state index in [-0.39, 0.29) is 36.6 Å². The van der Waals surface area contributed by atoms with Crippen molar-refractivity contribution >= 4 is 0 Å². The summed E-state index contributed by atoms with van der Waals surface area (Å²) in [6.45, 7) is 10.8. The molecule has 90 heavy (non-hydrogen) atoms. The molecule has 520 valence electrons. The molecule has 5 aliphatic heterocycles. The molecule has 10 rings (SSSR count). The van der Waals surface area contributed by atoms with Gasteiger partial charge in [0, 0.05) is 17.9 Å². The molecular weight excluding hydrogens is 1200 g/mol. The first-order valence-corrected chi connectivity index (χ1v) is 32.0. The third-order valence-corrected chi connectivity index (χ3v) is 23.9. The molecule has 0 aromatic carbocycles. The summed E-state index contributed by atoms with van der Waals surface area (Å²) in [6.07, 6.45) is -41.5. The van der Waals surface area contributed by atoms with Gasteiger partial charge in [0.15, 0.2) is 31.5 Å². The Labute approximate surface area is 522 Å². The number of fused-ring (bicyclic) bond motifs is 6. The summed E-state index contributed by atoms with van der Waals surface area (Å²) in [6, 6.07) is 0. The number of aliphatic hydroxyl groups is 18. The quantitative estimate of drug-likeness (QED) is 0.0479. The highest BCUT2D eigenvalue weighted by molar-refractivity contribution is 5.41. The molecule has 5 heterocycles. The van der Waals surface area contributed by atoms with Gasteiger partial charge >= 0.3 is 0 Å². The minimum Gasteiger partial charge on any atom is -0.396 e. The van der Waals surface area contributed by atoms with Crippen molar-refractivity contribution in [3.05, 3.63) is 11.1 Å². The van der Waals surface area contributed by atoms with Gasteiger partial charge in [-0.3, -0.25) is 0 Å². The van der Waals surface area contributed by atoms with Gasteiger partial charge < -0.3 is 144 Å². The van der Waals surface area contributed by atoms with Gasteiger partial charge in [0.2, 0.25) is 0 Å². The lowest BCUT2D eigenvalue weighted by atomic mass is 9.33. The fourth-order valence-electron chi connectivity index (χ4n) is 18.3. The van der Waals surface area contributed by atoms with Crippen LogP contribution in [0.4, 0.5) is 0 Å². The summed E-state index contributed by atoms with van der Waals surface area (Å²) in [4.78, 5) is 0. The molecule has 0 aromatic rings. The van der Waals surface area contributed by atoms with Crippen LogP contribution >= 0.6 is 0 Å². The van der Waals surface area contributed by atoms with Crippen molar-refractivity contribution in [3.63, 3.8) is 0 Å². The van der Waals surface area contributed by atoms with Crippen LogP contribution in [0, 0.1) is 44.3 Å². The van der Waals surface area contributed by atoms with Crippen molar-refractivity contribution in [2.24, 2.45) is 44.3 Å². The fourth-order valence-corrected chi connectivity index (χ4v) is 18.3. The van der Waals surface area contributed by atoms with Crippen molar-refractivity contribution in [3.8, 4) is 0 Å². The lowest BCUT2D eigenvalue weighted by Crippen LogP contribution is -2.70. The number of methoxy groups -OCH3 is 1. The SMILES string of the molecule is COC1CC2=C3CC(C)(C)CCC3(CO)C(O)CC2(C)C2(C)CCC3C(C)(CO)C(OC4OC(C)C(O)C(OC5OC(COC6OC(CO)C(OC7OC(CO)C(O)C(O)C7O)C(O)C6O)C(O)C(O)C5O)C4OC4OC(CO)C(O)C(O)C4O)CCC3(C)C12. The molecule has 35 unspecified atom stereocenters. The molecule has 10 aliphatic rings. The Morgan fingerprint density at radius 3 is 1.54 bits per heavy atom. The summed E-state index contributed by atoms with van der Waals surface area (Å²) in [5.41, 5.74) is -0.842. The Balaban J connectivity index is 0.903. The lowest BCUT2D eigenvalue weighted by molar-refractivity contribution is -0.400. The fraction of sp³-hybridized carbons (Fsp3) is 0.967. The molecule has 0 aromatic heterocycles. The van der Waals surface area contributed by atoms with Gasteiger partial charge in [-0.1, -0.05) is 52.7 Å². The van der Waals surface area contributed by atoms with Crippen LogP contribution in [0.2, 0.25) is 0 Å². The predicted molar refractivity (Wildman–Crippen MR) is 303 cm³/mol. The summed E-state index contributed by atoms with van der Waals surface area (Å²) in [7, 11) is 1.73. The molecule has 0 spiro atoms. The molecule has 0 radical (unpaired) electrons. The van der Waals surface area contributed by atoms with Gasteiger partial charge in [0.25, 0.3) is 0 Å². The Hall–Kier alpha value is -1.42. The molecule has 29 nitrogen and oxygen atoms in total. The third-order valence-electron chi connectivity index (χ3n) is 23.9. The zero-order valence-corrected chi connectivity index (χ0v) is 52.5. The second kappa shape index (κ2) is 26.8. The zero-order chi connectivity index (χ0) is 65.9. The van der Waals surface area contributed by atoms with Crippen LogP contribution in [0.5, 0.6) is 0 Å². The van der Waals surface area contributed by atoms with E-state index in [0.717, 1.165) is 18.4 Å². The van der Waals surface area contributed by atoms with Gasteiger partial charge in [-0.25, -0.2) is 0 Å². The predicted octanol–water partition coefficient (Wildman–Crippen LogP) is -5.00. The highest BCUT2D eigenvalue weighted by Crippen LogP contribution is 2.76. The smallest absolute Gasteiger partial charge is 0.187 e. The summed E-state index contributed by atoms with van der Waals surface area (Å²) in [5.74, 6) is -0.345. The van der Waals surface area contributed by atoms with Crippen LogP contribution in [0.3, 0.4) is 0 Å². The van der Waals surface area contributed by atoms with E-state index < -0.39 is 219 Å². The highest BCUT2D eigenvalue weighted by Gasteiger charge is 2.72. The van der Waals surface area contributed by atoms with Gasteiger partial charge in [0.1, 0.15) is 116 Å². The largest absolute Gasteiger partial charge is 0.396 e. The van der Waals surface area contributed by atoms with E-state index in [4.69, 9.17) is 52.1 Å². The maximum atomic E-state index is 12.3. The van der Waals surface area contributed by atoms with E-state index in [9.17, 15) is 91.9 Å². The van der Waals surface area contributed by atoms with Crippen molar-refractivity contribution in [2.75, 3.05) is 46.8 Å². The normalized spacial score (nSPS) is 54.7. The minimum absolute atomic E-state index is 0.0433. The molecule has 9 fully saturated rings. The molecular formula is C61H102O29. The average molecular weight is 1300 g/mol. The van der Waals surface area contributed by atoms with Crippen LogP contribution in [-0.2, 0) is 52.1 Å². The first-order chi connectivity index (χ1) is 42.3. The van der Waals surface area contributed by atoms with E-state index in [2.05, 4.69) is 34.6 Å². The number of hydrogen-bond donors (Lipinski definition) is 18. The molecule has 0 amide bonds. The third kappa shape index (κ3) is 11.8. The number of hydrogen-bond acceptors (Lipinski definition) is 29. The van der Waals surface area contributed by atoms with Gasteiger partial charge in [-0.05, 0) is 98.2 Å². The summed E-state index contributed by atoms with van der Waals surface area (Å²) < 4.78 is 67.3. The first-order valence-electron chi connectivity index (χ1n) is 32.0. The number of ether oxygens (including phenoxy) is 11. The minimum atomic E-state index is -2.11. The van der Waals surface area contributed by atoms with Crippen molar-refractivity contribution in [1.82, 2.24) is 0 Å². The van der Waals surface area contributed by atoms with Crippen molar-refractivity contribution in [2.45, 2.75) is 278 Å². The first kappa shape index (κ1) is 71.4. The van der Waals surface area contributed by atoms with Crippen molar-refractivity contribution in [1.29, 1.82) is 0 Å². The van der Waals surface area contributed by atoms with E-state index in [1.165, 1.54) is 12.5 Å². The van der Waals surface area contributed by atoms with Crippen molar-refractivity contribution < 1.29 is 144 Å². The topological polar surface area (TPSA) is 466 Å². The van der Waals surface area contributed by atoms with Crippen LogP contribution < -0.4 is 0 Å². The van der Waals surface area contributed by atoms with E-state index >= 15 is 0 Å². The molecule has 35 atom stereocenters. The molecule has 18 N–H and O–H groups in total. The zero-order valence-electron chi connectivity index (χ0n) is 52.5. The van der Waals surface area contributed by atoms with Crippen LogP contribution in [0.15, 0.2) is 11.1 Å². The van der Waals surface area contributed by atoms with E-state index in [1.807, 2.05) is 6.92 Å². The molecule has 5 aliphatic carbocycles. The van der Waals surface area contributed by atoms with Crippen LogP contribution in [0.1, 0.15) is 106 Å². The Morgan fingerprint density at radius 2 is 1.00 bits per heavy atom. The lowest BCUT2D eigenvalue weighted by Gasteiger charge is -2.72. The van der Waals surface area contributed by atoms with Gasteiger partial charge in [0.05, 0.1) is 64.1 Å². The van der Waals surface area contributed by atoms with E-state index in [0.29, 0.717) is 44.9 Å². The second-order valence-electron chi connectivity index (χ2n) is 29.4. The Morgan fingerprint density at radius 1 is 0.478 bits per heavy atom. The molecule has 29 heteroatoms.